The fourth-order valence-corrected chi connectivity index (χ4v) is 4.96. The van der Waals surface area contributed by atoms with E-state index in [1.165, 1.54) is 11.1 Å². The average Bonchev–Trinajstić information content (AvgIpc) is 2.94. The van der Waals surface area contributed by atoms with Crippen molar-refractivity contribution in [3.63, 3.8) is 0 Å². The van der Waals surface area contributed by atoms with Gasteiger partial charge in [-0.1, -0.05) is 11.6 Å². The highest BCUT2D eigenvalue weighted by Crippen LogP contribution is 2.41. The van der Waals surface area contributed by atoms with E-state index in [4.69, 9.17) is 37.3 Å². The zero-order valence-corrected chi connectivity index (χ0v) is 24.2. The standard InChI is InChI=1S/C30H31ClN6O5/c1-4-41-30-20-5-6-21-28(36-23-12-25(40-3)22(31)11-17(23)2)18(13-32)14-35-29(21)19(20)7-8-24(30)42-10-9-37(15-26(33)38)16-27(34)39/h5-8,11-12,14H,4,9-10,15-16H2,1-3H3,(H2,33,38)(H2,34,39)(H,35,36). The number of nitrogens with one attached hydrogen (secondary N) is 1. The Balaban J connectivity index is 1.73. The van der Waals surface area contributed by atoms with Crippen LogP contribution in [-0.2, 0) is 9.59 Å². The first-order valence-electron chi connectivity index (χ1n) is 13.1. The summed E-state index contributed by atoms with van der Waals surface area (Å²) in [6.45, 7) is 4.32. The molecule has 0 atom stereocenters. The van der Waals surface area contributed by atoms with E-state index < -0.39 is 11.8 Å². The van der Waals surface area contributed by atoms with E-state index in [-0.39, 0.29) is 26.2 Å². The molecule has 12 heteroatoms. The number of aromatic nitrogens is 1. The van der Waals surface area contributed by atoms with Gasteiger partial charge in [0, 0.05) is 40.7 Å². The fourth-order valence-electron chi connectivity index (χ4n) is 4.67. The molecule has 0 aliphatic heterocycles. The van der Waals surface area contributed by atoms with E-state index in [9.17, 15) is 14.9 Å². The van der Waals surface area contributed by atoms with E-state index in [1.54, 1.807) is 25.3 Å². The molecule has 218 valence electrons. The van der Waals surface area contributed by atoms with Crippen LogP contribution in [0.5, 0.6) is 17.2 Å². The number of halogens is 1. The lowest BCUT2D eigenvalue weighted by Gasteiger charge is -2.20. The number of ether oxygens (including phenoxy) is 3. The fraction of sp³-hybridized carbons (Fsp3) is 0.267. The molecule has 0 bridgehead atoms. The summed E-state index contributed by atoms with van der Waals surface area (Å²) in [7, 11) is 1.54. The van der Waals surface area contributed by atoms with E-state index in [1.807, 2.05) is 32.0 Å². The van der Waals surface area contributed by atoms with Crippen molar-refractivity contribution in [2.45, 2.75) is 13.8 Å². The number of fused-ring (bicyclic) bond motifs is 3. The predicted octanol–water partition coefficient (Wildman–Crippen LogP) is 4.02. The van der Waals surface area contributed by atoms with Gasteiger partial charge in [0.15, 0.2) is 11.5 Å². The second-order valence-corrected chi connectivity index (χ2v) is 9.87. The van der Waals surface area contributed by atoms with E-state index in [0.29, 0.717) is 45.6 Å². The number of benzene rings is 3. The number of primary amides is 2. The van der Waals surface area contributed by atoms with Crippen LogP contribution in [0, 0.1) is 18.3 Å². The molecular formula is C30H31ClN6O5. The van der Waals surface area contributed by atoms with Gasteiger partial charge in [-0.25, -0.2) is 0 Å². The van der Waals surface area contributed by atoms with Gasteiger partial charge in [0.05, 0.1) is 48.6 Å². The topological polar surface area (TPSA) is 166 Å². The maximum atomic E-state index is 11.4. The van der Waals surface area contributed by atoms with Gasteiger partial charge in [-0.05, 0) is 49.7 Å². The van der Waals surface area contributed by atoms with Gasteiger partial charge >= 0.3 is 0 Å². The lowest BCUT2D eigenvalue weighted by atomic mass is 10.0. The Labute approximate surface area is 247 Å². The van der Waals surface area contributed by atoms with Crippen molar-refractivity contribution in [2.24, 2.45) is 11.5 Å². The van der Waals surface area contributed by atoms with E-state index in [0.717, 1.165) is 27.4 Å². The SMILES string of the molecule is CCOc1c(OCCN(CC(N)=O)CC(N)=O)ccc2c1ccc1c(Nc3cc(OC)c(Cl)cc3C)c(C#N)cnc12. The van der Waals surface area contributed by atoms with Gasteiger partial charge in [-0.2, -0.15) is 5.26 Å². The first kappa shape index (κ1) is 30.2. The van der Waals surface area contributed by atoms with Crippen LogP contribution in [0.1, 0.15) is 18.1 Å². The third-order valence-corrected chi connectivity index (χ3v) is 6.84. The summed E-state index contributed by atoms with van der Waals surface area (Å²) in [6, 6.07) is 13.2. The number of pyridine rings is 1. The Morgan fingerprint density at radius 2 is 1.74 bits per heavy atom. The molecular weight excluding hydrogens is 560 g/mol. The first-order valence-corrected chi connectivity index (χ1v) is 13.5. The predicted molar refractivity (Wildman–Crippen MR) is 161 cm³/mol. The lowest BCUT2D eigenvalue weighted by Crippen LogP contribution is -2.41. The van der Waals surface area contributed by atoms with Gasteiger partial charge in [0.2, 0.25) is 11.8 Å². The number of carbonyl (C=O) groups is 2. The first-order chi connectivity index (χ1) is 20.2. The minimum atomic E-state index is -0.574. The number of rotatable bonds is 13. The van der Waals surface area contributed by atoms with E-state index in [2.05, 4.69) is 16.4 Å². The third-order valence-electron chi connectivity index (χ3n) is 6.54. The molecule has 4 rings (SSSR count). The number of hydrogen-bond acceptors (Lipinski definition) is 9. The van der Waals surface area contributed by atoms with Crippen molar-refractivity contribution < 1.29 is 23.8 Å². The Bertz CT molecular complexity index is 1690. The van der Waals surface area contributed by atoms with Crippen LogP contribution in [0.2, 0.25) is 5.02 Å². The van der Waals surface area contributed by atoms with Crippen LogP contribution < -0.4 is 31.0 Å². The second-order valence-electron chi connectivity index (χ2n) is 9.46. The van der Waals surface area contributed by atoms with Crippen LogP contribution >= 0.6 is 11.6 Å². The molecule has 0 fully saturated rings. The monoisotopic (exact) mass is 590 g/mol. The summed E-state index contributed by atoms with van der Waals surface area (Å²) >= 11 is 6.29. The van der Waals surface area contributed by atoms with E-state index >= 15 is 0 Å². The summed E-state index contributed by atoms with van der Waals surface area (Å²) in [5.74, 6) is 0.364. The maximum absolute atomic E-state index is 11.4. The number of carbonyl (C=O) groups excluding carboxylic acids is 2. The molecule has 1 heterocycles. The molecule has 0 radical (unpaired) electrons. The largest absolute Gasteiger partial charge is 0.495 e. The highest BCUT2D eigenvalue weighted by atomic mass is 35.5. The molecule has 11 nitrogen and oxygen atoms in total. The average molecular weight is 591 g/mol. The summed E-state index contributed by atoms with van der Waals surface area (Å²) in [5, 5.41) is 16.1. The molecule has 0 saturated carbocycles. The van der Waals surface area contributed by atoms with Gasteiger partial charge in [0.1, 0.15) is 18.4 Å². The zero-order chi connectivity index (χ0) is 30.4. The Hall–Kier alpha value is -4.79. The number of methoxy groups -OCH3 is 1. The summed E-state index contributed by atoms with van der Waals surface area (Å²) in [5.41, 5.74) is 13.8. The number of aryl methyl sites for hydroxylation is 1. The zero-order valence-electron chi connectivity index (χ0n) is 23.5. The van der Waals surface area contributed by atoms with Crippen molar-refractivity contribution in [3.8, 4) is 23.3 Å². The van der Waals surface area contributed by atoms with Crippen LogP contribution in [-0.4, -0.2) is 61.7 Å². The minimum absolute atomic E-state index is 0.122. The maximum Gasteiger partial charge on any atom is 0.231 e. The summed E-state index contributed by atoms with van der Waals surface area (Å²) in [4.78, 5) is 28.9. The smallest absolute Gasteiger partial charge is 0.231 e. The molecule has 0 aliphatic carbocycles. The number of anilines is 2. The Kier molecular flexibility index (Phi) is 9.52. The number of nitriles is 1. The number of amides is 2. The molecule has 0 unspecified atom stereocenters. The molecule has 0 aliphatic rings. The normalized spacial score (nSPS) is 11.0. The van der Waals surface area contributed by atoms with Crippen molar-refractivity contribution in [2.75, 3.05) is 45.3 Å². The van der Waals surface area contributed by atoms with Crippen molar-refractivity contribution >= 4 is 56.5 Å². The Morgan fingerprint density at radius 1 is 1.05 bits per heavy atom. The van der Waals surface area contributed by atoms with Crippen LogP contribution in [0.25, 0.3) is 21.7 Å². The van der Waals surface area contributed by atoms with Crippen molar-refractivity contribution in [1.29, 1.82) is 5.26 Å². The highest BCUT2D eigenvalue weighted by Gasteiger charge is 2.18. The molecule has 2 amide bonds. The van der Waals surface area contributed by atoms with Gasteiger partial charge in [-0.3, -0.25) is 19.5 Å². The van der Waals surface area contributed by atoms with Crippen molar-refractivity contribution in [1.82, 2.24) is 9.88 Å². The van der Waals surface area contributed by atoms with Gasteiger partial charge in [0.25, 0.3) is 0 Å². The van der Waals surface area contributed by atoms with Crippen LogP contribution in [0.4, 0.5) is 11.4 Å². The second kappa shape index (κ2) is 13.2. The quantitative estimate of drug-likeness (QED) is 0.195. The Morgan fingerprint density at radius 3 is 2.38 bits per heavy atom. The molecule has 1 aromatic heterocycles. The van der Waals surface area contributed by atoms with Crippen molar-refractivity contribution in [3.05, 3.63) is 58.7 Å². The lowest BCUT2D eigenvalue weighted by molar-refractivity contribution is -0.122. The molecule has 0 spiro atoms. The number of hydrogen-bond donors (Lipinski definition) is 3. The van der Waals surface area contributed by atoms with Gasteiger partial charge < -0.3 is 31.0 Å². The molecule has 0 saturated heterocycles. The number of nitrogens with zero attached hydrogens (tertiary/aromatic N) is 3. The molecule has 5 N–H and O–H groups in total. The summed E-state index contributed by atoms with van der Waals surface area (Å²) < 4.78 is 17.4. The minimum Gasteiger partial charge on any atom is -0.495 e. The molecule has 3 aromatic carbocycles. The third kappa shape index (κ3) is 6.57. The highest BCUT2D eigenvalue weighted by molar-refractivity contribution is 6.32. The summed E-state index contributed by atoms with van der Waals surface area (Å²) in [6.07, 6.45) is 1.53. The van der Waals surface area contributed by atoms with Gasteiger partial charge in [-0.15, -0.1) is 0 Å². The van der Waals surface area contributed by atoms with Crippen LogP contribution in [0.15, 0.2) is 42.6 Å². The number of nitrogens with two attached hydrogens (primary N) is 2. The van der Waals surface area contributed by atoms with Crippen LogP contribution in [0.3, 0.4) is 0 Å². The molecule has 42 heavy (non-hydrogen) atoms. The molecule has 4 aromatic rings.